The highest BCUT2D eigenvalue weighted by molar-refractivity contribution is 9.09. The van der Waals surface area contributed by atoms with E-state index in [1.807, 2.05) is 0 Å². The van der Waals surface area contributed by atoms with E-state index in [-0.39, 0.29) is 17.2 Å². The number of hydrogen-bond acceptors (Lipinski definition) is 3. The van der Waals surface area contributed by atoms with E-state index >= 15 is 0 Å². The van der Waals surface area contributed by atoms with E-state index in [9.17, 15) is 9.90 Å². The van der Waals surface area contributed by atoms with E-state index < -0.39 is 0 Å². The average Bonchev–Trinajstić information content (AvgIpc) is 2.43. The molecule has 5 heteroatoms. The minimum Gasteiger partial charge on any atom is -0.508 e. The molecule has 1 aromatic carbocycles. The Morgan fingerprint density at radius 3 is 2.74 bits per heavy atom. The van der Waals surface area contributed by atoms with Crippen LogP contribution < -0.4 is 5.32 Å². The molecule has 19 heavy (non-hydrogen) atoms. The largest absolute Gasteiger partial charge is 0.508 e. The summed E-state index contributed by atoms with van der Waals surface area (Å²) in [6, 6.07) is 4.89. The summed E-state index contributed by atoms with van der Waals surface area (Å²) in [4.78, 5) is 12.3. The predicted molar refractivity (Wildman–Crippen MR) is 76.9 cm³/mol. The van der Waals surface area contributed by atoms with Crippen LogP contribution in [-0.2, 0) is 4.74 Å². The lowest BCUT2D eigenvalue weighted by molar-refractivity contribution is 0.0442. The number of rotatable bonds is 3. The highest BCUT2D eigenvalue weighted by Crippen LogP contribution is 2.24. The number of ether oxygens (including phenoxy) is 1. The summed E-state index contributed by atoms with van der Waals surface area (Å²) in [6.07, 6.45) is 1.61. The molecule has 2 N–H and O–H groups in total. The quantitative estimate of drug-likeness (QED) is 0.838. The van der Waals surface area contributed by atoms with Gasteiger partial charge in [-0.15, -0.1) is 0 Å². The number of hydrogen-bond donors (Lipinski definition) is 2. The molecular weight excluding hydrogens is 310 g/mol. The third kappa shape index (κ3) is 3.28. The fourth-order valence-corrected chi connectivity index (χ4v) is 2.86. The first-order valence-electron chi connectivity index (χ1n) is 6.32. The summed E-state index contributed by atoms with van der Waals surface area (Å²) in [5.74, 6) is 0.0993. The summed E-state index contributed by atoms with van der Waals surface area (Å²) in [5, 5.41) is 13.3. The van der Waals surface area contributed by atoms with E-state index in [1.54, 1.807) is 25.1 Å². The van der Waals surface area contributed by atoms with Crippen LogP contribution in [0.4, 0.5) is 0 Å². The van der Waals surface area contributed by atoms with Crippen molar-refractivity contribution < 1.29 is 14.6 Å². The van der Waals surface area contributed by atoms with Crippen LogP contribution in [0.3, 0.4) is 0 Å². The highest BCUT2D eigenvalue weighted by atomic mass is 79.9. The van der Waals surface area contributed by atoms with Crippen molar-refractivity contribution in [2.24, 2.45) is 0 Å². The number of aryl methyl sites for hydroxylation is 1. The fourth-order valence-electron chi connectivity index (χ4n) is 2.16. The Balaban J connectivity index is 2.12. The van der Waals surface area contributed by atoms with Crippen molar-refractivity contribution in [2.75, 3.05) is 18.5 Å². The number of nitrogens with one attached hydrogen (secondary N) is 1. The maximum absolute atomic E-state index is 12.3. The fraction of sp³-hybridized carbons (Fsp3) is 0.500. The Labute approximate surface area is 121 Å². The molecule has 0 aliphatic carbocycles. The van der Waals surface area contributed by atoms with Crippen molar-refractivity contribution >= 4 is 21.8 Å². The van der Waals surface area contributed by atoms with Gasteiger partial charge in [-0.3, -0.25) is 4.79 Å². The molecule has 0 radical (unpaired) electrons. The van der Waals surface area contributed by atoms with Gasteiger partial charge in [0.25, 0.3) is 5.91 Å². The molecule has 0 bridgehead atoms. The first kappa shape index (κ1) is 14.3. The molecule has 1 heterocycles. The van der Waals surface area contributed by atoms with Gasteiger partial charge in [-0.05, 0) is 43.5 Å². The van der Waals surface area contributed by atoms with Gasteiger partial charge in [0.05, 0.1) is 5.54 Å². The average molecular weight is 328 g/mol. The molecule has 2 rings (SSSR count). The maximum atomic E-state index is 12.3. The number of phenolic OH excluding ortho intramolecular Hbond substituents is 1. The Hall–Kier alpha value is -1.07. The van der Waals surface area contributed by atoms with Crippen molar-refractivity contribution in [1.82, 2.24) is 5.32 Å². The van der Waals surface area contributed by atoms with Gasteiger partial charge in [-0.25, -0.2) is 0 Å². The molecule has 0 saturated carbocycles. The second-order valence-corrected chi connectivity index (χ2v) is 5.54. The molecule has 1 aliphatic rings. The van der Waals surface area contributed by atoms with Crippen molar-refractivity contribution in [3.05, 3.63) is 29.3 Å². The molecule has 0 atom stereocenters. The molecule has 0 spiro atoms. The summed E-state index contributed by atoms with van der Waals surface area (Å²) >= 11 is 3.48. The normalized spacial score (nSPS) is 18.0. The number of amides is 1. The second kappa shape index (κ2) is 5.92. The van der Waals surface area contributed by atoms with Crippen LogP contribution in [-0.4, -0.2) is 35.1 Å². The third-order valence-electron chi connectivity index (χ3n) is 3.54. The smallest absolute Gasteiger partial charge is 0.251 e. The van der Waals surface area contributed by atoms with Gasteiger partial charge < -0.3 is 15.2 Å². The van der Waals surface area contributed by atoms with Crippen LogP contribution in [0, 0.1) is 6.92 Å². The summed E-state index contributed by atoms with van der Waals surface area (Å²) in [5.41, 5.74) is 1.04. The zero-order valence-corrected chi connectivity index (χ0v) is 12.5. The Bertz CT molecular complexity index is 470. The topological polar surface area (TPSA) is 58.6 Å². The number of alkyl halides is 1. The van der Waals surface area contributed by atoms with Crippen LogP contribution in [0.15, 0.2) is 18.2 Å². The lowest BCUT2D eigenvalue weighted by Gasteiger charge is -2.36. The number of phenols is 1. The number of carbonyl (C=O) groups is 1. The van der Waals surface area contributed by atoms with E-state index in [0.29, 0.717) is 29.7 Å². The van der Waals surface area contributed by atoms with Crippen molar-refractivity contribution in [3.8, 4) is 5.75 Å². The zero-order valence-electron chi connectivity index (χ0n) is 10.9. The number of aromatic hydroxyl groups is 1. The van der Waals surface area contributed by atoms with Gasteiger partial charge in [-0.2, -0.15) is 0 Å². The highest BCUT2D eigenvalue weighted by Gasteiger charge is 2.33. The van der Waals surface area contributed by atoms with Gasteiger partial charge in [0.15, 0.2) is 0 Å². The zero-order chi connectivity index (χ0) is 13.9. The minimum absolute atomic E-state index is 0.107. The molecule has 1 fully saturated rings. The van der Waals surface area contributed by atoms with Gasteiger partial charge in [0.2, 0.25) is 0 Å². The number of benzene rings is 1. The first-order valence-corrected chi connectivity index (χ1v) is 7.44. The van der Waals surface area contributed by atoms with Crippen LogP contribution >= 0.6 is 15.9 Å². The van der Waals surface area contributed by atoms with E-state index in [0.717, 1.165) is 12.8 Å². The van der Waals surface area contributed by atoms with Crippen LogP contribution in [0.25, 0.3) is 0 Å². The van der Waals surface area contributed by atoms with Crippen LogP contribution in [0.5, 0.6) is 5.75 Å². The number of carbonyl (C=O) groups excluding carboxylic acids is 1. The molecule has 4 nitrogen and oxygen atoms in total. The molecule has 0 unspecified atom stereocenters. The number of halogens is 1. The monoisotopic (exact) mass is 327 g/mol. The van der Waals surface area contributed by atoms with Gasteiger partial charge in [0.1, 0.15) is 5.75 Å². The first-order chi connectivity index (χ1) is 9.06. The molecule has 104 valence electrons. The lowest BCUT2D eigenvalue weighted by atomic mass is 9.92. The second-order valence-electron chi connectivity index (χ2n) is 4.98. The third-order valence-corrected chi connectivity index (χ3v) is 4.62. The Morgan fingerprint density at radius 2 is 2.16 bits per heavy atom. The minimum atomic E-state index is -0.235. The molecule has 0 aromatic heterocycles. The molecule has 1 saturated heterocycles. The summed E-state index contributed by atoms with van der Waals surface area (Å²) < 4.78 is 5.34. The van der Waals surface area contributed by atoms with Crippen molar-refractivity contribution in [2.45, 2.75) is 25.3 Å². The van der Waals surface area contributed by atoms with Crippen molar-refractivity contribution in [1.29, 1.82) is 0 Å². The van der Waals surface area contributed by atoms with Gasteiger partial charge >= 0.3 is 0 Å². The SMILES string of the molecule is Cc1cc(C(=O)NC2(CBr)CCOCC2)ccc1O. The van der Waals surface area contributed by atoms with E-state index in [4.69, 9.17) is 4.74 Å². The van der Waals surface area contributed by atoms with Gasteiger partial charge in [0, 0.05) is 24.1 Å². The van der Waals surface area contributed by atoms with Crippen LogP contribution in [0.2, 0.25) is 0 Å². The summed E-state index contributed by atoms with van der Waals surface area (Å²) in [7, 11) is 0. The molecule has 1 amide bonds. The van der Waals surface area contributed by atoms with Crippen molar-refractivity contribution in [3.63, 3.8) is 0 Å². The van der Waals surface area contributed by atoms with Crippen LogP contribution in [0.1, 0.15) is 28.8 Å². The standard InChI is InChI=1S/C14H18BrNO3/c1-10-8-11(2-3-12(10)17)13(18)16-14(9-15)4-6-19-7-5-14/h2-3,8,17H,4-7,9H2,1H3,(H,16,18). The predicted octanol–water partition coefficient (Wildman–Crippen LogP) is 2.37. The molecule has 1 aliphatic heterocycles. The lowest BCUT2D eigenvalue weighted by Crippen LogP contribution is -2.53. The van der Waals surface area contributed by atoms with Gasteiger partial charge in [-0.1, -0.05) is 15.9 Å². The summed E-state index contributed by atoms with van der Waals surface area (Å²) in [6.45, 7) is 3.11. The molecular formula is C14H18BrNO3. The van der Waals surface area contributed by atoms with E-state index in [2.05, 4.69) is 21.2 Å². The van der Waals surface area contributed by atoms with E-state index in [1.165, 1.54) is 0 Å². The molecule has 1 aromatic rings. The Kier molecular flexibility index (Phi) is 4.47. The Morgan fingerprint density at radius 1 is 1.47 bits per heavy atom. The maximum Gasteiger partial charge on any atom is 0.251 e.